The number of allylic oxidation sites excluding steroid dienone is 4. The van der Waals surface area contributed by atoms with Crippen LogP contribution in [0, 0.1) is 42.4 Å². The highest BCUT2D eigenvalue weighted by molar-refractivity contribution is 6.18. The first-order valence-corrected chi connectivity index (χ1v) is 20.2. The molecule has 0 bridgehead atoms. The molecule has 9 rings (SSSR count). The number of aromatic nitrogens is 2. The van der Waals surface area contributed by atoms with Crippen molar-refractivity contribution in [3.63, 3.8) is 0 Å². The molecule has 0 amide bonds. The van der Waals surface area contributed by atoms with Gasteiger partial charge in [-0.15, -0.1) is 0 Å². The summed E-state index contributed by atoms with van der Waals surface area (Å²) in [7, 11) is 0. The average Bonchev–Trinajstić information content (AvgIpc) is 3.82. The van der Waals surface area contributed by atoms with Crippen molar-refractivity contribution in [1.82, 2.24) is 9.55 Å². The Balaban J connectivity index is 1.21. The van der Waals surface area contributed by atoms with Crippen LogP contribution in [0.15, 0.2) is 46.9 Å². The Labute approximate surface area is 320 Å². The topological polar surface area (TPSA) is 97.7 Å². The van der Waals surface area contributed by atoms with Crippen LogP contribution in [-0.4, -0.2) is 42.9 Å². The number of ether oxygens (including phenoxy) is 1. The third kappa shape index (κ3) is 4.35. The molecule has 0 saturated heterocycles. The predicted octanol–water partition coefficient (Wildman–Crippen LogP) is 9.86. The Hall–Kier alpha value is -3.52. The number of rotatable bonds is 4. The molecule has 2 saturated carbocycles. The molecule has 2 fully saturated rings. The van der Waals surface area contributed by atoms with E-state index in [9.17, 15) is 15.0 Å². The lowest BCUT2D eigenvalue weighted by molar-refractivity contribution is -0.144. The number of ketones is 1. The number of carbonyl (C=O) groups is 1. The minimum atomic E-state index is -0.843. The summed E-state index contributed by atoms with van der Waals surface area (Å²) in [6.45, 7) is 27.9. The van der Waals surface area contributed by atoms with Gasteiger partial charge in [0, 0.05) is 39.0 Å². The van der Waals surface area contributed by atoms with E-state index in [1.165, 1.54) is 16.6 Å². The minimum absolute atomic E-state index is 0.0495. The number of fused-ring (bicyclic) bond motifs is 11. The molecule has 6 aliphatic rings. The summed E-state index contributed by atoms with van der Waals surface area (Å²) in [5.41, 5.74) is 7.90. The van der Waals surface area contributed by atoms with Crippen LogP contribution in [0.4, 0.5) is 0 Å². The van der Waals surface area contributed by atoms with Gasteiger partial charge < -0.3 is 23.9 Å². The van der Waals surface area contributed by atoms with Gasteiger partial charge in [-0.3, -0.25) is 4.79 Å². The number of aliphatic hydroxyl groups is 2. The molecule has 7 nitrogen and oxygen atoms in total. The van der Waals surface area contributed by atoms with Crippen molar-refractivity contribution >= 4 is 27.8 Å². The van der Waals surface area contributed by atoms with Gasteiger partial charge in [0.25, 0.3) is 0 Å². The second-order valence-electron chi connectivity index (χ2n) is 19.7. The number of hydrogen-bond acceptors (Lipinski definition) is 6. The number of oxazole rings is 1. The molecule has 4 heterocycles. The van der Waals surface area contributed by atoms with E-state index in [4.69, 9.17) is 9.15 Å². The maximum Gasteiger partial charge on any atom is 0.222 e. The summed E-state index contributed by atoms with van der Waals surface area (Å²) in [5.74, 6) is 1.88. The molecule has 54 heavy (non-hydrogen) atoms. The highest BCUT2D eigenvalue weighted by Crippen LogP contribution is 2.71. The maximum absolute atomic E-state index is 14.9. The number of carbonyl (C=O) groups excluding carboxylic acids is 1. The van der Waals surface area contributed by atoms with Crippen molar-refractivity contribution in [2.75, 3.05) is 0 Å². The van der Waals surface area contributed by atoms with E-state index in [0.717, 1.165) is 70.5 Å². The molecule has 1 aromatic carbocycles. The Morgan fingerprint density at radius 2 is 1.78 bits per heavy atom. The standard InChI is InChI=1S/C47H58N2O5/c1-23(2)37-40(52)35-34-28(31-22-43(6,7)54-44(8,9)36(31)39(34)51)21-29-30-20-27-15-16-32-45(10,18-13-14-24(3)42-48-25(4)26(5)53-42)33(50)17-19-46(32,11)47(27,12)41(30)49(37)38(29)35/h13-14,18,21-22,27,32-33,36-37,39,50-51H,1,15-17,19-20H2,2-12H3/b18-13+,24-14+/t27?,32-,33-,36?,37-,39+,45-,46-,47+/m0/s1. The fourth-order valence-electron chi connectivity index (χ4n) is 13.2. The number of nitrogens with zero attached hydrogens (tertiary/aromatic N) is 2. The molecule has 2 unspecified atom stereocenters. The zero-order valence-electron chi connectivity index (χ0n) is 34.1. The highest BCUT2D eigenvalue weighted by atomic mass is 16.5. The molecule has 0 spiro atoms. The van der Waals surface area contributed by atoms with Gasteiger partial charge >= 0.3 is 0 Å². The van der Waals surface area contributed by atoms with Crippen LogP contribution in [0.1, 0.15) is 150 Å². The van der Waals surface area contributed by atoms with Gasteiger partial charge in [0.1, 0.15) is 11.8 Å². The van der Waals surface area contributed by atoms with Gasteiger partial charge in [0.15, 0.2) is 5.78 Å². The van der Waals surface area contributed by atoms with E-state index in [2.05, 4.69) is 95.0 Å². The lowest BCUT2D eigenvalue weighted by Gasteiger charge is -2.64. The molecule has 7 heteroatoms. The zero-order valence-corrected chi connectivity index (χ0v) is 34.1. The molecular weight excluding hydrogens is 673 g/mol. The summed E-state index contributed by atoms with van der Waals surface area (Å²) < 4.78 is 14.8. The second-order valence-corrected chi connectivity index (χ2v) is 19.7. The minimum Gasteiger partial charge on any atom is -0.442 e. The Bertz CT molecular complexity index is 2270. The number of hydrogen-bond donors (Lipinski definition) is 2. The third-order valence-electron chi connectivity index (χ3n) is 15.8. The van der Waals surface area contributed by atoms with E-state index < -0.39 is 34.9 Å². The van der Waals surface area contributed by atoms with Crippen LogP contribution in [0.5, 0.6) is 0 Å². The van der Waals surface area contributed by atoms with Gasteiger partial charge in [-0.25, -0.2) is 4.98 Å². The summed E-state index contributed by atoms with van der Waals surface area (Å²) in [4.78, 5) is 19.5. The number of Topliss-reactive ketones (excluding diaryl/α,β-unsaturated/α-hetero) is 1. The molecule has 2 aromatic heterocycles. The van der Waals surface area contributed by atoms with E-state index in [0.29, 0.717) is 23.8 Å². The first kappa shape index (κ1) is 36.1. The molecule has 2 N–H and O–H groups in total. The zero-order chi connectivity index (χ0) is 38.8. The Morgan fingerprint density at radius 1 is 1.06 bits per heavy atom. The largest absolute Gasteiger partial charge is 0.442 e. The van der Waals surface area contributed by atoms with Gasteiger partial charge in [0.05, 0.1) is 40.2 Å². The van der Waals surface area contributed by atoms with E-state index in [1.54, 1.807) is 0 Å². The van der Waals surface area contributed by atoms with Gasteiger partial charge in [-0.05, 0) is 134 Å². The van der Waals surface area contributed by atoms with Crippen LogP contribution < -0.4 is 0 Å². The van der Waals surface area contributed by atoms with Gasteiger partial charge in [-0.2, -0.15) is 0 Å². The highest BCUT2D eigenvalue weighted by Gasteiger charge is 2.67. The molecule has 286 valence electrons. The molecule has 0 radical (unpaired) electrons. The van der Waals surface area contributed by atoms with Crippen molar-refractivity contribution in [3.05, 3.63) is 87.8 Å². The van der Waals surface area contributed by atoms with Crippen molar-refractivity contribution in [2.45, 2.75) is 143 Å². The molecule has 3 aromatic rings. The summed E-state index contributed by atoms with van der Waals surface area (Å²) >= 11 is 0. The van der Waals surface area contributed by atoms with Gasteiger partial charge in [-0.1, -0.05) is 51.2 Å². The first-order chi connectivity index (χ1) is 25.2. The predicted molar refractivity (Wildman–Crippen MR) is 213 cm³/mol. The van der Waals surface area contributed by atoms with Crippen molar-refractivity contribution in [3.8, 4) is 0 Å². The third-order valence-corrected chi connectivity index (χ3v) is 15.8. The second kappa shape index (κ2) is 11.1. The number of aryl methyl sites for hydroxylation is 2. The maximum atomic E-state index is 14.9. The van der Waals surface area contributed by atoms with Gasteiger partial charge in [0.2, 0.25) is 5.89 Å². The van der Waals surface area contributed by atoms with Crippen LogP contribution in [-0.2, 0) is 16.6 Å². The number of benzene rings is 1. The summed E-state index contributed by atoms with van der Waals surface area (Å²) in [5, 5.41) is 25.3. The van der Waals surface area contributed by atoms with Crippen LogP contribution in [0.25, 0.3) is 22.0 Å². The Kier molecular flexibility index (Phi) is 7.41. The fourth-order valence-corrected chi connectivity index (χ4v) is 13.2. The van der Waals surface area contributed by atoms with Crippen molar-refractivity contribution < 1.29 is 24.2 Å². The first-order valence-electron chi connectivity index (χ1n) is 20.2. The summed E-state index contributed by atoms with van der Waals surface area (Å²) in [6, 6.07) is 1.81. The quantitative estimate of drug-likeness (QED) is 0.205. The fraction of sp³-hybridized carbons (Fsp3) is 0.574. The normalized spacial score (nSPS) is 37.3. The monoisotopic (exact) mass is 730 g/mol. The number of aliphatic hydroxyl groups excluding tert-OH is 2. The summed E-state index contributed by atoms with van der Waals surface area (Å²) in [6.07, 6.45) is 12.0. The molecule has 2 aliphatic heterocycles. The van der Waals surface area contributed by atoms with Crippen LogP contribution in [0.2, 0.25) is 0 Å². The van der Waals surface area contributed by atoms with E-state index in [1.807, 2.05) is 27.7 Å². The SMILES string of the molecule is C=C(C)[C@H]1C(=O)c2c3c(cc4c5c(n1c24)[C@@]1(C)C(CC[C@H]2[C@](C)(/C=C/C=C(\C)c4nc(C)c(C)o4)[C@@H](O)CC[C@@]21C)C5)C1=CC(C)(C)OC(C)(C)C1[C@@H]3O. The molecule has 4 aliphatic carbocycles. The average molecular weight is 731 g/mol. The lowest BCUT2D eigenvalue weighted by atomic mass is 9.40. The van der Waals surface area contributed by atoms with E-state index >= 15 is 0 Å². The molecule has 9 atom stereocenters. The smallest absolute Gasteiger partial charge is 0.222 e. The van der Waals surface area contributed by atoms with Crippen LogP contribution >= 0.6 is 0 Å². The van der Waals surface area contributed by atoms with Crippen molar-refractivity contribution in [1.29, 1.82) is 0 Å². The van der Waals surface area contributed by atoms with E-state index in [-0.39, 0.29) is 28.4 Å². The molecular formula is C47H58N2O5. The lowest BCUT2D eigenvalue weighted by Crippen LogP contribution is -2.62. The van der Waals surface area contributed by atoms with Crippen molar-refractivity contribution in [2.24, 2.45) is 28.6 Å². The van der Waals surface area contributed by atoms with Crippen LogP contribution in [0.3, 0.4) is 0 Å². The Morgan fingerprint density at radius 3 is 2.44 bits per heavy atom.